The summed E-state index contributed by atoms with van der Waals surface area (Å²) in [5.41, 5.74) is 6.96. The van der Waals surface area contributed by atoms with Gasteiger partial charge in [0.2, 0.25) is 0 Å². The van der Waals surface area contributed by atoms with E-state index in [1.54, 1.807) is 4.90 Å². The van der Waals surface area contributed by atoms with E-state index in [1.165, 1.54) is 0 Å². The number of nitrogens with one attached hydrogen (secondary N) is 1. The predicted molar refractivity (Wildman–Crippen MR) is 67.5 cm³/mol. The molecular weight excluding hydrogens is 214 g/mol. The van der Waals surface area contributed by atoms with Gasteiger partial charge >= 0.3 is 6.03 Å². The molecule has 92 valence electrons. The fourth-order valence-corrected chi connectivity index (χ4v) is 2.08. The highest BCUT2D eigenvalue weighted by Gasteiger charge is 2.20. The lowest BCUT2D eigenvalue weighted by molar-refractivity contribution is 0.179. The van der Waals surface area contributed by atoms with Gasteiger partial charge in [-0.15, -0.1) is 0 Å². The SMILES string of the molecule is NC1CCCN(C(=O)NCc2ccccc2)C1. The van der Waals surface area contributed by atoms with Crippen LogP contribution in [0.3, 0.4) is 0 Å². The van der Waals surface area contributed by atoms with E-state index < -0.39 is 0 Å². The number of likely N-dealkylation sites (tertiary alicyclic amines) is 1. The summed E-state index contributed by atoms with van der Waals surface area (Å²) < 4.78 is 0. The second kappa shape index (κ2) is 5.68. The van der Waals surface area contributed by atoms with E-state index >= 15 is 0 Å². The third-order valence-electron chi connectivity index (χ3n) is 3.03. The first kappa shape index (κ1) is 11.9. The molecule has 0 aromatic heterocycles. The van der Waals surface area contributed by atoms with Crippen LogP contribution in [0.1, 0.15) is 18.4 Å². The van der Waals surface area contributed by atoms with Crippen LogP contribution in [0.25, 0.3) is 0 Å². The van der Waals surface area contributed by atoms with E-state index in [9.17, 15) is 4.79 Å². The van der Waals surface area contributed by atoms with E-state index in [4.69, 9.17) is 5.73 Å². The number of nitrogens with zero attached hydrogens (tertiary/aromatic N) is 1. The lowest BCUT2D eigenvalue weighted by Crippen LogP contribution is -2.49. The molecular formula is C13H19N3O. The molecule has 0 aliphatic carbocycles. The molecule has 0 saturated carbocycles. The molecule has 0 radical (unpaired) electrons. The highest BCUT2D eigenvalue weighted by molar-refractivity contribution is 5.74. The molecule has 1 aliphatic rings. The van der Waals surface area contributed by atoms with Gasteiger partial charge < -0.3 is 16.0 Å². The quantitative estimate of drug-likeness (QED) is 0.809. The maximum Gasteiger partial charge on any atom is 0.317 e. The summed E-state index contributed by atoms with van der Waals surface area (Å²) in [5.74, 6) is 0. The van der Waals surface area contributed by atoms with Gasteiger partial charge in [0.05, 0.1) is 0 Å². The number of hydrogen-bond donors (Lipinski definition) is 2. The molecule has 1 fully saturated rings. The number of hydrogen-bond acceptors (Lipinski definition) is 2. The summed E-state index contributed by atoms with van der Waals surface area (Å²) in [6.45, 7) is 2.06. The number of nitrogens with two attached hydrogens (primary N) is 1. The van der Waals surface area contributed by atoms with Crippen LogP contribution in [0.2, 0.25) is 0 Å². The molecule has 0 bridgehead atoms. The van der Waals surface area contributed by atoms with Gasteiger partial charge in [-0.25, -0.2) is 4.79 Å². The Kier molecular flexibility index (Phi) is 3.98. The van der Waals surface area contributed by atoms with Crippen LogP contribution < -0.4 is 11.1 Å². The molecule has 4 nitrogen and oxygen atoms in total. The summed E-state index contributed by atoms with van der Waals surface area (Å²) in [4.78, 5) is 13.7. The number of rotatable bonds is 2. The highest BCUT2D eigenvalue weighted by Crippen LogP contribution is 2.08. The summed E-state index contributed by atoms with van der Waals surface area (Å²) in [6.07, 6.45) is 2.02. The maximum absolute atomic E-state index is 11.9. The summed E-state index contributed by atoms with van der Waals surface area (Å²) in [7, 11) is 0. The van der Waals surface area contributed by atoms with Crippen molar-refractivity contribution in [1.82, 2.24) is 10.2 Å². The van der Waals surface area contributed by atoms with Crippen molar-refractivity contribution in [2.45, 2.75) is 25.4 Å². The first-order valence-electron chi connectivity index (χ1n) is 6.08. The minimum Gasteiger partial charge on any atom is -0.334 e. The molecule has 1 unspecified atom stereocenters. The second-order valence-corrected chi connectivity index (χ2v) is 4.49. The average Bonchev–Trinajstić information content (AvgIpc) is 2.37. The third-order valence-corrected chi connectivity index (χ3v) is 3.03. The standard InChI is InChI=1S/C13H19N3O/c14-12-7-4-8-16(10-12)13(17)15-9-11-5-2-1-3-6-11/h1-3,5-6,12H,4,7-10,14H2,(H,15,17). The molecule has 2 rings (SSSR count). The Morgan fingerprint density at radius 3 is 2.88 bits per heavy atom. The zero-order chi connectivity index (χ0) is 12.1. The van der Waals surface area contributed by atoms with Crippen molar-refractivity contribution in [2.24, 2.45) is 5.73 Å². The Morgan fingerprint density at radius 2 is 2.18 bits per heavy atom. The van der Waals surface area contributed by atoms with Crippen LogP contribution in [0.5, 0.6) is 0 Å². The van der Waals surface area contributed by atoms with Gasteiger partial charge in [-0.05, 0) is 18.4 Å². The number of benzene rings is 1. The minimum absolute atomic E-state index is 0.0102. The number of amides is 2. The lowest BCUT2D eigenvalue weighted by Gasteiger charge is -2.30. The van der Waals surface area contributed by atoms with Crippen molar-refractivity contribution in [3.8, 4) is 0 Å². The predicted octanol–water partition coefficient (Wildman–Crippen LogP) is 1.32. The van der Waals surface area contributed by atoms with Gasteiger partial charge in [-0.2, -0.15) is 0 Å². The minimum atomic E-state index is -0.0102. The van der Waals surface area contributed by atoms with Gasteiger partial charge in [0.15, 0.2) is 0 Å². The largest absolute Gasteiger partial charge is 0.334 e. The van der Waals surface area contributed by atoms with Gasteiger partial charge in [0, 0.05) is 25.7 Å². The van der Waals surface area contributed by atoms with E-state index in [-0.39, 0.29) is 12.1 Å². The Balaban J connectivity index is 1.81. The van der Waals surface area contributed by atoms with Gasteiger partial charge in [0.1, 0.15) is 0 Å². The monoisotopic (exact) mass is 233 g/mol. The zero-order valence-electron chi connectivity index (χ0n) is 9.93. The molecule has 1 atom stereocenters. The molecule has 0 spiro atoms. The highest BCUT2D eigenvalue weighted by atomic mass is 16.2. The Morgan fingerprint density at radius 1 is 1.41 bits per heavy atom. The maximum atomic E-state index is 11.9. The third kappa shape index (κ3) is 3.46. The van der Waals surface area contributed by atoms with Crippen LogP contribution >= 0.6 is 0 Å². The molecule has 4 heteroatoms. The van der Waals surface area contributed by atoms with Crippen LogP contribution in [0.15, 0.2) is 30.3 Å². The summed E-state index contributed by atoms with van der Waals surface area (Å²) >= 11 is 0. The number of piperidine rings is 1. The van der Waals surface area contributed by atoms with Gasteiger partial charge in [-0.3, -0.25) is 0 Å². The average molecular weight is 233 g/mol. The molecule has 17 heavy (non-hydrogen) atoms. The number of urea groups is 1. The van der Waals surface area contributed by atoms with Gasteiger partial charge in [-0.1, -0.05) is 30.3 Å². The zero-order valence-corrected chi connectivity index (χ0v) is 9.93. The van der Waals surface area contributed by atoms with Gasteiger partial charge in [0.25, 0.3) is 0 Å². The van der Waals surface area contributed by atoms with Crippen LogP contribution in [0, 0.1) is 0 Å². The Hall–Kier alpha value is -1.55. The van der Waals surface area contributed by atoms with Crippen LogP contribution in [-0.4, -0.2) is 30.1 Å². The van der Waals surface area contributed by atoms with Crippen LogP contribution in [0.4, 0.5) is 4.79 Å². The number of carbonyl (C=O) groups is 1. The fourth-order valence-electron chi connectivity index (χ4n) is 2.08. The van der Waals surface area contributed by atoms with Crippen molar-refractivity contribution >= 4 is 6.03 Å². The first-order valence-corrected chi connectivity index (χ1v) is 6.08. The van der Waals surface area contributed by atoms with Crippen LogP contribution in [-0.2, 0) is 6.54 Å². The van der Waals surface area contributed by atoms with E-state index in [1.807, 2.05) is 30.3 Å². The van der Waals surface area contributed by atoms with Crippen molar-refractivity contribution in [3.63, 3.8) is 0 Å². The molecule has 2 amide bonds. The molecule has 1 aliphatic heterocycles. The first-order chi connectivity index (χ1) is 8.25. The Bertz CT molecular complexity index is 366. The smallest absolute Gasteiger partial charge is 0.317 e. The molecule has 3 N–H and O–H groups in total. The fraction of sp³-hybridized carbons (Fsp3) is 0.462. The Labute approximate surface area is 102 Å². The summed E-state index contributed by atoms with van der Waals surface area (Å²) in [5, 5.41) is 2.92. The van der Waals surface area contributed by atoms with Crippen molar-refractivity contribution in [1.29, 1.82) is 0 Å². The molecule has 1 heterocycles. The molecule has 1 aromatic rings. The van der Waals surface area contributed by atoms with Crippen molar-refractivity contribution in [3.05, 3.63) is 35.9 Å². The summed E-state index contributed by atoms with van der Waals surface area (Å²) in [6, 6.07) is 10.0. The van der Waals surface area contributed by atoms with E-state index in [0.29, 0.717) is 13.1 Å². The van der Waals surface area contributed by atoms with E-state index in [0.717, 1.165) is 24.9 Å². The number of carbonyl (C=O) groups excluding carboxylic acids is 1. The van der Waals surface area contributed by atoms with E-state index in [2.05, 4.69) is 5.32 Å². The topological polar surface area (TPSA) is 58.4 Å². The normalized spacial score (nSPS) is 20.1. The second-order valence-electron chi connectivity index (χ2n) is 4.49. The molecule has 1 aromatic carbocycles. The molecule has 1 saturated heterocycles. The van der Waals surface area contributed by atoms with Crippen molar-refractivity contribution < 1.29 is 4.79 Å². The van der Waals surface area contributed by atoms with Crippen molar-refractivity contribution in [2.75, 3.05) is 13.1 Å². The lowest BCUT2D eigenvalue weighted by atomic mass is 10.1.